The van der Waals surface area contributed by atoms with Gasteiger partial charge in [0, 0.05) is 31.1 Å². The van der Waals surface area contributed by atoms with Crippen LogP contribution in [0.25, 0.3) is 0 Å². The Morgan fingerprint density at radius 2 is 2.03 bits per heavy atom. The molecule has 1 aliphatic carbocycles. The number of aliphatic hydroxyl groups is 1. The predicted molar refractivity (Wildman–Crippen MR) is 110 cm³/mol. The van der Waals surface area contributed by atoms with Crippen LogP contribution in [0.3, 0.4) is 0 Å². The standard InChI is InChI=1S/C23H31NO6/c1-2-27-23-17(8-5-11-25)18(15-9-10-19-20(12-15)29-14-28-19)13-21(30-23)22(26)24-16-6-3-4-7-16/h9-10,12-13,16-18,23,25H,2-8,11,14H2,1H3,(H,24,26)/t17-,18-,23-/m1/s1. The van der Waals surface area contributed by atoms with Crippen molar-refractivity contribution in [1.82, 2.24) is 5.32 Å². The van der Waals surface area contributed by atoms with Gasteiger partial charge >= 0.3 is 0 Å². The van der Waals surface area contributed by atoms with Crippen LogP contribution < -0.4 is 14.8 Å². The Morgan fingerprint density at radius 3 is 2.80 bits per heavy atom. The Hall–Kier alpha value is -2.25. The van der Waals surface area contributed by atoms with Crippen LogP contribution in [0.5, 0.6) is 11.5 Å². The molecule has 1 amide bonds. The first-order chi connectivity index (χ1) is 14.7. The van der Waals surface area contributed by atoms with Crippen LogP contribution in [0.15, 0.2) is 30.0 Å². The quantitative estimate of drug-likeness (QED) is 0.676. The fourth-order valence-electron chi connectivity index (χ4n) is 4.59. The summed E-state index contributed by atoms with van der Waals surface area (Å²) in [6, 6.07) is 6.08. The van der Waals surface area contributed by atoms with E-state index in [0.717, 1.165) is 37.0 Å². The number of carbonyl (C=O) groups is 1. The highest BCUT2D eigenvalue weighted by molar-refractivity contribution is 5.92. The molecule has 1 fully saturated rings. The molecule has 0 aromatic heterocycles. The van der Waals surface area contributed by atoms with E-state index in [-0.39, 0.29) is 37.2 Å². The number of ether oxygens (including phenoxy) is 4. The van der Waals surface area contributed by atoms with Gasteiger partial charge in [0.15, 0.2) is 17.3 Å². The molecule has 2 heterocycles. The molecular formula is C23H31NO6. The van der Waals surface area contributed by atoms with Crippen LogP contribution >= 0.6 is 0 Å². The van der Waals surface area contributed by atoms with Crippen LogP contribution in [0, 0.1) is 5.92 Å². The number of fused-ring (bicyclic) bond motifs is 1. The van der Waals surface area contributed by atoms with Crippen molar-refractivity contribution in [3.8, 4) is 11.5 Å². The van der Waals surface area contributed by atoms with E-state index in [0.29, 0.717) is 31.0 Å². The minimum absolute atomic E-state index is 0.0273. The number of hydrogen-bond donors (Lipinski definition) is 2. The van der Waals surface area contributed by atoms with Crippen LogP contribution in [-0.4, -0.2) is 43.4 Å². The summed E-state index contributed by atoms with van der Waals surface area (Å²) in [6.07, 6.45) is 7.03. The third kappa shape index (κ3) is 4.57. The van der Waals surface area contributed by atoms with Gasteiger partial charge in [-0.15, -0.1) is 0 Å². The summed E-state index contributed by atoms with van der Waals surface area (Å²) >= 11 is 0. The van der Waals surface area contributed by atoms with Crippen LogP contribution in [0.2, 0.25) is 0 Å². The van der Waals surface area contributed by atoms with Crippen LogP contribution in [0.4, 0.5) is 0 Å². The van der Waals surface area contributed by atoms with E-state index in [1.807, 2.05) is 31.2 Å². The lowest BCUT2D eigenvalue weighted by Crippen LogP contribution is -2.41. The van der Waals surface area contributed by atoms with Crippen molar-refractivity contribution >= 4 is 5.91 Å². The monoisotopic (exact) mass is 417 g/mol. The summed E-state index contributed by atoms with van der Waals surface area (Å²) in [5, 5.41) is 12.5. The van der Waals surface area contributed by atoms with Gasteiger partial charge in [0.25, 0.3) is 5.91 Å². The highest BCUT2D eigenvalue weighted by Crippen LogP contribution is 2.42. The molecule has 3 aliphatic rings. The van der Waals surface area contributed by atoms with Crippen molar-refractivity contribution < 1.29 is 28.8 Å². The second-order valence-corrected chi connectivity index (χ2v) is 8.10. The number of amides is 1. The largest absolute Gasteiger partial charge is 0.459 e. The first-order valence-electron chi connectivity index (χ1n) is 11.0. The van der Waals surface area contributed by atoms with Gasteiger partial charge in [-0.25, -0.2) is 0 Å². The number of nitrogens with one attached hydrogen (secondary N) is 1. The minimum Gasteiger partial charge on any atom is -0.459 e. The third-order valence-electron chi connectivity index (χ3n) is 6.11. The van der Waals surface area contributed by atoms with E-state index < -0.39 is 6.29 Å². The molecule has 2 N–H and O–H groups in total. The molecule has 3 atom stereocenters. The maximum atomic E-state index is 12.9. The summed E-state index contributed by atoms with van der Waals surface area (Å²) < 4.78 is 22.9. The lowest BCUT2D eigenvalue weighted by Gasteiger charge is -2.37. The normalized spacial score (nSPS) is 25.7. The number of hydrogen-bond acceptors (Lipinski definition) is 6. The zero-order chi connectivity index (χ0) is 20.9. The number of aliphatic hydroxyl groups excluding tert-OH is 1. The second kappa shape index (κ2) is 9.71. The number of carbonyl (C=O) groups excluding carboxylic acids is 1. The Morgan fingerprint density at radius 1 is 1.23 bits per heavy atom. The Balaban J connectivity index is 1.63. The predicted octanol–water partition coefficient (Wildman–Crippen LogP) is 3.22. The molecule has 0 radical (unpaired) electrons. The summed E-state index contributed by atoms with van der Waals surface area (Å²) in [7, 11) is 0. The first-order valence-corrected chi connectivity index (χ1v) is 11.0. The third-order valence-corrected chi connectivity index (χ3v) is 6.11. The van der Waals surface area contributed by atoms with E-state index >= 15 is 0 Å². The van der Waals surface area contributed by atoms with Crippen molar-refractivity contribution in [2.24, 2.45) is 5.92 Å². The lowest BCUT2D eigenvalue weighted by molar-refractivity contribution is -0.166. The van der Waals surface area contributed by atoms with E-state index in [9.17, 15) is 9.90 Å². The SMILES string of the molecule is CCO[C@@H]1OC(C(=O)NC2CCCC2)=C[C@H](c2ccc3c(c2)OCO3)[C@H]1CCCO. The molecule has 2 aliphatic heterocycles. The molecule has 1 aromatic carbocycles. The highest BCUT2D eigenvalue weighted by atomic mass is 16.7. The van der Waals surface area contributed by atoms with Gasteiger partial charge in [-0.1, -0.05) is 18.9 Å². The van der Waals surface area contributed by atoms with Crippen molar-refractivity contribution in [3.63, 3.8) is 0 Å². The second-order valence-electron chi connectivity index (χ2n) is 8.10. The van der Waals surface area contributed by atoms with Gasteiger partial charge in [-0.2, -0.15) is 0 Å². The molecule has 7 heteroatoms. The summed E-state index contributed by atoms with van der Waals surface area (Å²) in [4.78, 5) is 12.9. The van der Waals surface area contributed by atoms with Crippen molar-refractivity contribution in [2.75, 3.05) is 20.0 Å². The first kappa shape index (κ1) is 21.0. The van der Waals surface area contributed by atoms with Crippen LogP contribution in [-0.2, 0) is 14.3 Å². The van der Waals surface area contributed by atoms with E-state index in [2.05, 4.69) is 5.32 Å². The van der Waals surface area contributed by atoms with E-state index in [1.165, 1.54) is 0 Å². The fraction of sp³-hybridized carbons (Fsp3) is 0.609. The van der Waals surface area contributed by atoms with Crippen molar-refractivity contribution in [2.45, 2.75) is 63.7 Å². The molecule has 0 saturated heterocycles. The highest BCUT2D eigenvalue weighted by Gasteiger charge is 2.38. The molecule has 1 saturated carbocycles. The number of allylic oxidation sites excluding steroid dienone is 1. The zero-order valence-corrected chi connectivity index (χ0v) is 17.5. The molecule has 7 nitrogen and oxygen atoms in total. The summed E-state index contributed by atoms with van der Waals surface area (Å²) in [5.74, 6) is 1.43. The van der Waals surface area contributed by atoms with Gasteiger partial charge in [-0.3, -0.25) is 4.79 Å². The number of rotatable bonds is 8. The van der Waals surface area contributed by atoms with Crippen molar-refractivity contribution in [3.05, 3.63) is 35.6 Å². The van der Waals surface area contributed by atoms with Crippen LogP contribution in [0.1, 0.15) is 56.9 Å². The topological polar surface area (TPSA) is 86.3 Å². The summed E-state index contributed by atoms with van der Waals surface area (Å²) in [5.41, 5.74) is 1.02. The van der Waals surface area contributed by atoms with Gasteiger partial charge in [0.2, 0.25) is 13.1 Å². The zero-order valence-electron chi connectivity index (χ0n) is 17.5. The van der Waals surface area contributed by atoms with Gasteiger partial charge in [0.05, 0.1) is 0 Å². The van der Waals surface area contributed by atoms with Crippen molar-refractivity contribution in [1.29, 1.82) is 0 Å². The fourth-order valence-corrected chi connectivity index (χ4v) is 4.59. The molecule has 0 unspecified atom stereocenters. The van der Waals surface area contributed by atoms with Gasteiger partial charge in [0.1, 0.15) is 0 Å². The van der Waals surface area contributed by atoms with E-state index in [1.54, 1.807) is 0 Å². The lowest BCUT2D eigenvalue weighted by atomic mass is 9.80. The maximum absolute atomic E-state index is 12.9. The molecule has 30 heavy (non-hydrogen) atoms. The van der Waals surface area contributed by atoms with Gasteiger partial charge in [-0.05, 0) is 56.4 Å². The average molecular weight is 418 g/mol. The molecular weight excluding hydrogens is 386 g/mol. The maximum Gasteiger partial charge on any atom is 0.286 e. The molecule has 0 bridgehead atoms. The molecule has 0 spiro atoms. The Bertz CT molecular complexity index is 773. The average Bonchev–Trinajstić information content (AvgIpc) is 3.43. The summed E-state index contributed by atoms with van der Waals surface area (Å²) in [6.45, 7) is 2.71. The smallest absolute Gasteiger partial charge is 0.286 e. The minimum atomic E-state index is -0.550. The molecule has 164 valence electrons. The molecule has 1 aromatic rings. The van der Waals surface area contributed by atoms with Gasteiger partial charge < -0.3 is 29.4 Å². The number of benzene rings is 1. The molecule has 4 rings (SSSR count). The Kier molecular flexibility index (Phi) is 6.79. The Labute approximate surface area is 177 Å². The van der Waals surface area contributed by atoms with E-state index in [4.69, 9.17) is 18.9 Å².